The Labute approximate surface area is 75.1 Å². The van der Waals surface area contributed by atoms with Crippen LogP contribution >= 0.6 is 0 Å². The monoisotopic (exact) mass is 194 g/mol. The summed E-state index contributed by atoms with van der Waals surface area (Å²) >= 11 is 0. The van der Waals surface area contributed by atoms with Crippen molar-refractivity contribution in [2.24, 2.45) is 5.41 Å². The van der Waals surface area contributed by atoms with E-state index >= 15 is 0 Å². The van der Waals surface area contributed by atoms with Gasteiger partial charge in [-0.15, -0.1) is 0 Å². The summed E-state index contributed by atoms with van der Waals surface area (Å²) in [5.41, 5.74) is -1.95. The maximum Gasteiger partial charge on any atom is 0.314 e. The number of rotatable bonds is 5. The summed E-state index contributed by atoms with van der Waals surface area (Å²) in [6.07, 6.45) is -3.24. The molecule has 0 amide bonds. The van der Waals surface area contributed by atoms with Crippen LogP contribution in [0.4, 0.5) is 0 Å². The molecule has 0 saturated carbocycles. The molecule has 6 nitrogen and oxygen atoms in total. The molecule has 0 spiro atoms. The van der Waals surface area contributed by atoms with Crippen molar-refractivity contribution in [1.29, 1.82) is 0 Å². The molecule has 2 atom stereocenters. The van der Waals surface area contributed by atoms with Crippen LogP contribution in [-0.2, 0) is 4.79 Å². The minimum Gasteiger partial charge on any atom is -0.481 e. The van der Waals surface area contributed by atoms with E-state index in [0.717, 1.165) is 6.92 Å². The third kappa shape index (κ3) is 2.16. The van der Waals surface area contributed by atoms with Crippen LogP contribution in [0.5, 0.6) is 0 Å². The lowest BCUT2D eigenvalue weighted by atomic mass is 9.79. The second-order valence-electron chi connectivity index (χ2n) is 2.98. The van der Waals surface area contributed by atoms with Crippen molar-refractivity contribution in [3.05, 3.63) is 0 Å². The fourth-order valence-electron chi connectivity index (χ4n) is 0.886. The molecule has 0 bridgehead atoms. The molecule has 5 N–H and O–H groups in total. The molecular weight excluding hydrogens is 180 g/mol. The van der Waals surface area contributed by atoms with Gasteiger partial charge in [-0.2, -0.15) is 0 Å². The van der Waals surface area contributed by atoms with Gasteiger partial charge in [-0.25, -0.2) is 0 Å². The van der Waals surface area contributed by atoms with Crippen molar-refractivity contribution in [2.75, 3.05) is 13.2 Å². The van der Waals surface area contributed by atoms with Crippen molar-refractivity contribution >= 4 is 5.97 Å². The number of hydrogen-bond donors (Lipinski definition) is 5. The van der Waals surface area contributed by atoms with E-state index in [1.54, 1.807) is 0 Å². The molecule has 0 radical (unpaired) electrons. The molecule has 0 rings (SSSR count). The van der Waals surface area contributed by atoms with Crippen LogP contribution < -0.4 is 0 Å². The quantitative estimate of drug-likeness (QED) is 0.338. The summed E-state index contributed by atoms with van der Waals surface area (Å²) in [6, 6.07) is 0. The molecule has 0 aromatic carbocycles. The fraction of sp³-hybridized carbons (Fsp3) is 0.857. The Hall–Kier alpha value is -0.690. The molecule has 78 valence electrons. The van der Waals surface area contributed by atoms with Gasteiger partial charge in [-0.05, 0) is 6.92 Å². The minimum absolute atomic E-state index is 0.792. The number of aliphatic carboxylic acids is 1. The van der Waals surface area contributed by atoms with Gasteiger partial charge in [0, 0.05) is 0 Å². The molecule has 0 saturated heterocycles. The average Bonchev–Trinajstić information content (AvgIpc) is 2.13. The Kier molecular flexibility index (Phi) is 4.28. The van der Waals surface area contributed by atoms with Crippen LogP contribution in [0.15, 0.2) is 0 Å². The highest BCUT2D eigenvalue weighted by molar-refractivity contribution is 5.75. The molecule has 0 aliphatic rings. The lowest BCUT2D eigenvalue weighted by molar-refractivity contribution is -0.172. The van der Waals surface area contributed by atoms with Crippen LogP contribution in [-0.4, -0.2) is 56.9 Å². The Morgan fingerprint density at radius 2 is 1.54 bits per heavy atom. The fourth-order valence-corrected chi connectivity index (χ4v) is 0.886. The molecule has 0 heterocycles. The molecule has 6 heteroatoms. The molecular formula is C7H14O6. The first kappa shape index (κ1) is 12.3. The standard InChI is InChI=1S/C7H14O6/c1-7(6(12)13,4(10)2-8)5(11)3-9/h4-5,8-11H,2-3H2,1H3,(H,12,13). The number of hydrogen-bond acceptors (Lipinski definition) is 5. The Morgan fingerprint density at radius 3 is 1.69 bits per heavy atom. The van der Waals surface area contributed by atoms with Gasteiger partial charge >= 0.3 is 5.97 Å². The van der Waals surface area contributed by atoms with Crippen LogP contribution in [0.1, 0.15) is 6.92 Å². The largest absolute Gasteiger partial charge is 0.481 e. The molecule has 0 aromatic heterocycles. The van der Waals surface area contributed by atoms with Gasteiger partial charge in [0.25, 0.3) is 0 Å². The predicted octanol–water partition coefficient (Wildman–Crippen LogP) is -2.22. The van der Waals surface area contributed by atoms with Gasteiger partial charge in [-0.3, -0.25) is 4.79 Å². The number of carboxylic acids is 1. The summed E-state index contributed by atoms with van der Waals surface area (Å²) < 4.78 is 0. The first-order chi connectivity index (χ1) is 5.91. The molecule has 0 fully saturated rings. The minimum atomic E-state index is -1.95. The molecule has 0 aliphatic heterocycles. The summed E-state index contributed by atoms with van der Waals surface area (Å²) in [6.45, 7) is -0.531. The second-order valence-corrected chi connectivity index (χ2v) is 2.98. The summed E-state index contributed by atoms with van der Waals surface area (Å²) in [7, 11) is 0. The Bertz CT molecular complexity index is 170. The smallest absolute Gasteiger partial charge is 0.314 e. The van der Waals surface area contributed by atoms with Gasteiger partial charge in [0.2, 0.25) is 0 Å². The first-order valence-corrected chi connectivity index (χ1v) is 3.72. The van der Waals surface area contributed by atoms with Gasteiger partial charge < -0.3 is 25.5 Å². The topological polar surface area (TPSA) is 118 Å². The predicted molar refractivity (Wildman–Crippen MR) is 41.9 cm³/mol. The van der Waals surface area contributed by atoms with Crippen molar-refractivity contribution in [1.82, 2.24) is 0 Å². The number of carboxylic acid groups (broad SMARTS) is 1. The summed E-state index contributed by atoms with van der Waals surface area (Å²) in [5.74, 6) is -1.48. The van der Waals surface area contributed by atoms with E-state index in [2.05, 4.69) is 0 Å². The van der Waals surface area contributed by atoms with Crippen LogP contribution in [0.25, 0.3) is 0 Å². The third-order valence-electron chi connectivity index (χ3n) is 2.19. The van der Waals surface area contributed by atoms with E-state index in [0.29, 0.717) is 0 Å². The summed E-state index contributed by atoms with van der Waals surface area (Å²) in [4.78, 5) is 10.7. The van der Waals surface area contributed by atoms with E-state index in [4.69, 9.17) is 25.5 Å². The Morgan fingerprint density at radius 1 is 1.23 bits per heavy atom. The summed E-state index contributed by atoms with van der Waals surface area (Å²) in [5, 5.41) is 44.1. The van der Waals surface area contributed by atoms with E-state index in [-0.39, 0.29) is 0 Å². The van der Waals surface area contributed by atoms with E-state index < -0.39 is 36.8 Å². The van der Waals surface area contributed by atoms with E-state index in [9.17, 15) is 4.79 Å². The molecule has 0 aromatic rings. The first-order valence-electron chi connectivity index (χ1n) is 3.72. The van der Waals surface area contributed by atoms with Gasteiger partial charge in [-0.1, -0.05) is 0 Å². The molecule has 13 heavy (non-hydrogen) atoms. The number of aliphatic hydroxyl groups excluding tert-OH is 4. The normalized spacial score (nSPS) is 20.4. The maximum absolute atomic E-state index is 10.7. The maximum atomic E-state index is 10.7. The average molecular weight is 194 g/mol. The van der Waals surface area contributed by atoms with Gasteiger partial charge in [0.05, 0.1) is 25.4 Å². The van der Waals surface area contributed by atoms with Crippen LogP contribution in [0.3, 0.4) is 0 Å². The second kappa shape index (κ2) is 4.52. The Balaban J connectivity index is 4.82. The SMILES string of the molecule is CC(C(=O)O)(C(O)CO)C(O)CO. The number of carbonyl (C=O) groups is 1. The zero-order valence-corrected chi connectivity index (χ0v) is 7.21. The highest BCUT2D eigenvalue weighted by Crippen LogP contribution is 2.26. The lowest BCUT2D eigenvalue weighted by Gasteiger charge is -2.32. The number of aliphatic hydroxyl groups is 4. The van der Waals surface area contributed by atoms with Crippen LogP contribution in [0, 0.1) is 5.41 Å². The lowest BCUT2D eigenvalue weighted by Crippen LogP contribution is -2.52. The highest BCUT2D eigenvalue weighted by atomic mass is 16.4. The van der Waals surface area contributed by atoms with Crippen molar-refractivity contribution in [2.45, 2.75) is 19.1 Å². The van der Waals surface area contributed by atoms with Crippen molar-refractivity contribution in [3.8, 4) is 0 Å². The van der Waals surface area contributed by atoms with Crippen molar-refractivity contribution in [3.63, 3.8) is 0 Å². The molecule has 0 aliphatic carbocycles. The third-order valence-corrected chi connectivity index (χ3v) is 2.19. The van der Waals surface area contributed by atoms with Gasteiger partial charge in [0.15, 0.2) is 0 Å². The van der Waals surface area contributed by atoms with E-state index in [1.807, 2.05) is 0 Å². The highest BCUT2D eigenvalue weighted by Gasteiger charge is 2.46. The zero-order chi connectivity index (χ0) is 10.6. The zero-order valence-electron chi connectivity index (χ0n) is 7.21. The molecule has 2 unspecified atom stereocenters. The van der Waals surface area contributed by atoms with Gasteiger partial charge in [0.1, 0.15) is 5.41 Å². The van der Waals surface area contributed by atoms with Crippen LogP contribution in [0.2, 0.25) is 0 Å². The van der Waals surface area contributed by atoms with Crippen molar-refractivity contribution < 1.29 is 30.3 Å². The van der Waals surface area contributed by atoms with E-state index in [1.165, 1.54) is 0 Å².